The molecule has 0 spiro atoms. The van der Waals surface area contributed by atoms with Gasteiger partial charge in [0.25, 0.3) is 0 Å². The number of morpholine rings is 1. The van der Waals surface area contributed by atoms with Crippen molar-refractivity contribution in [1.82, 2.24) is 9.80 Å². The van der Waals surface area contributed by atoms with Crippen LogP contribution >= 0.6 is 0 Å². The molecule has 0 unspecified atom stereocenters. The number of hydrogen-bond donors (Lipinski definition) is 1. The molecule has 2 aliphatic rings. The van der Waals surface area contributed by atoms with Crippen LogP contribution in [0.4, 0.5) is 0 Å². The molecule has 6 nitrogen and oxygen atoms in total. The standard InChI is InChI=1S/C13H23N3O3/c14-13(18)11-1-5-16(6-2-11)12(17)3-4-15-7-9-19-10-8-15/h11H,1-10H2,(H2,14,18). The Hall–Kier alpha value is -1.14. The van der Waals surface area contributed by atoms with Crippen molar-refractivity contribution in [3.63, 3.8) is 0 Å². The quantitative estimate of drug-likeness (QED) is 0.742. The van der Waals surface area contributed by atoms with Gasteiger partial charge in [-0.25, -0.2) is 0 Å². The minimum absolute atomic E-state index is 0.0525. The summed E-state index contributed by atoms with van der Waals surface area (Å²) in [6, 6.07) is 0. The molecule has 0 aromatic carbocycles. The Morgan fingerprint density at radius 3 is 2.32 bits per heavy atom. The molecule has 0 saturated carbocycles. The second kappa shape index (κ2) is 6.86. The largest absolute Gasteiger partial charge is 0.379 e. The lowest BCUT2D eigenvalue weighted by molar-refractivity contribution is -0.135. The second-order valence-corrected chi connectivity index (χ2v) is 5.26. The summed E-state index contributed by atoms with van der Waals surface area (Å²) in [6.45, 7) is 5.48. The van der Waals surface area contributed by atoms with Crippen molar-refractivity contribution >= 4 is 11.8 Å². The van der Waals surface area contributed by atoms with E-state index < -0.39 is 0 Å². The van der Waals surface area contributed by atoms with E-state index in [0.717, 1.165) is 32.8 Å². The van der Waals surface area contributed by atoms with Crippen molar-refractivity contribution in [3.8, 4) is 0 Å². The summed E-state index contributed by atoms with van der Waals surface area (Å²) in [7, 11) is 0. The molecule has 0 radical (unpaired) electrons. The first-order valence-electron chi connectivity index (χ1n) is 7.04. The highest BCUT2D eigenvalue weighted by Crippen LogP contribution is 2.17. The van der Waals surface area contributed by atoms with Gasteiger partial charge in [0, 0.05) is 45.1 Å². The lowest BCUT2D eigenvalue weighted by Crippen LogP contribution is -2.43. The maximum Gasteiger partial charge on any atom is 0.223 e. The Morgan fingerprint density at radius 2 is 1.74 bits per heavy atom. The van der Waals surface area contributed by atoms with E-state index in [-0.39, 0.29) is 17.7 Å². The lowest BCUT2D eigenvalue weighted by atomic mass is 9.96. The number of carbonyl (C=O) groups excluding carboxylic acids is 2. The van der Waals surface area contributed by atoms with Gasteiger partial charge in [0.05, 0.1) is 13.2 Å². The van der Waals surface area contributed by atoms with Gasteiger partial charge in [0.2, 0.25) is 11.8 Å². The predicted molar refractivity (Wildman–Crippen MR) is 70.4 cm³/mol. The number of primary amides is 1. The van der Waals surface area contributed by atoms with Crippen LogP contribution in [0.1, 0.15) is 19.3 Å². The van der Waals surface area contributed by atoms with Crippen molar-refractivity contribution in [2.75, 3.05) is 45.9 Å². The first-order chi connectivity index (χ1) is 9.16. The molecule has 2 saturated heterocycles. The monoisotopic (exact) mass is 269 g/mol. The van der Waals surface area contributed by atoms with Crippen LogP contribution in [0.25, 0.3) is 0 Å². The fraction of sp³-hybridized carbons (Fsp3) is 0.846. The third-order valence-corrected chi connectivity index (χ3v) is 4.00. The van der Waals surface area contributed by atoms with Crippen LogP contribution in [-0.2, 0) is 14.3 Å². The van der Waals surface area contributed by atoms with Gasteiger partial charge in [-0.1, -0.05) is 0 Å². The predicted octanol–water partition coefficient (Wildman–Crippen LogP) is -0.567. The first-order valence-corrected chi connectivity index (χ1v) is 7.04. The molecule has 0 aliphatic carbocycles. The van der Waals surface area contributed by atoms with E-state index in [1.807, 2.05) is 4.90 Å². The number of ether oxygens (including phenoxy) is 1. The lowest BCUT2D eigenvalue weighted by Gasteiger charge is -2.32. The molecule has 2 aliphatic heterocycles. The van der Waals surface area contributed by atoms with Crippen molar-refractivity contribution in [2.45, 2.75) is 19.3 Å². The topological polar surface area (TPSA) is 75.9 Å². The molecular formula is C13H23N3O3. The molecule has 2 heterocycles. The van der Waals surface area contributed by atoms with Crippen molar-refractivity contribution in [3.05, 3.63) is 0 Å². The van der Waals surface area contributed by atoms with Crippen molar-refractivity contribution < 1.29 is 14.3 Å². The van der Waals surface area contributed by atoms with Crippen molar-refractivity contribution in [2.24, 2.45) is 11.7 Å². The number of rotatable bonds is 4. The number of likely N-dealkylation sites (tertiary alicyclic amines) is 1. The van der Waals surface area contributed by atoms with Gasteiger partial charge in [-0.15, -0.1) is 0 Å². The third-order valence-electron chi connectivity index (χ3n) is 4.00. The van der Waals surface area contributed by atoms with Gasteiger partial charge in [-0.2, -0.15) is 0 Å². The van der Waals surface area contributed by atoms with E-state index >= 15 is 0 Å². The molecule has 2 fully saturated rings. The minimum Gasteiger partial charge on any atom is -0.379 e. The fourth-order valence-electron chi connectivity index (χ4n) is 2.65. The van der Waals surface area contributed by atoms with Crippen molar-refractivity contribution in [1.29, 1.82) is 0 Å². The second-order valence-electron chi connectivity index (χ2n) is 5.26. The summed E-state index contributed by atoms with van der Waals surface area (Å²) in [6.07, 6.45) is 1.97. The van der Waals surface area contributed by atoms with E-state index in [0.29, 0.717) is 32.4 Å². The summed E-state index contributed by atoms with van der Waals surface area (Å²) >= 11 is 0. The highest BCUT2D eigenvalue weighted by molar-refractivity contribution is 5.78. The van der Waals surface area contributed by atoms with E-state index in [4.69, 9.17) is 10.5 Å². The summed E-state index contributed by atoms with van der Waals surface area (Å²) in [5, 5.41) is 0. The molecule has 2 rings (SSSR count). The average molecular weight is 269 g/mol. The van der Waals surface area contributed by atoms with Crippen LogP contribution < -0.4 is 5.73 Å². The van der Waals surface area contributed by atoms with Gasteiger partial charge in [-0.3, -0.25) is 14.5 Å². The molecule has 0 bridgehead atoms. The number of hydrogen-bond acceptors (Lipinski definition) is 4. The molecule has 2 N–H and O–H groups in total. The highest BCUT2D eigenvalue weighted by Gasteiger charge is 2.25. The zero-order valence-electron chi connectivity index (χ0n) is 11.3. The van der Waals surface area contributed by atoms with E-state index in [1.165, 1.54) is 0 Å². The number of piperidine rings is 1. The zero-order valence-corrected chi connectivity index (χ0v) is 11.3. The summed E-state index contributed by atoms with van der Waals surface area (Å²) < 4.78 is 5.28. The van der Waals surface area contributed by atoms with E-state index in [2.05, 4.69) is 4.90 Å². The van der Waals surface area contributed by atoms with Gasteiger partial charge in [0.15, 0.2) is 0 Å². The third kappa shape index (κ3) is 4.18. The SMILES string of the molecule is NC(=O)C1CCN(C(=O)CCN2CCOCC2)CC1. The molecule has 0 aromatic heterocycles. The molecule has 0 atom stereocenters. The Labute approximate surface area is 113 Å². The van der Waals surface area contributed by atoms with Crippen LogP contribution in [0.15, 0.2) is 0 Å². The summed E-state index contributed by atoms with van der Waals surface area (Å²) in [5.41, 5.74) is 5.28. The highest BCUT2D eigenvalue weighted by atomic mass is 16.5. The molecule has 2 amide bonds. The number of nitrogens with two attached hydrogens (primary N) is 1. The Kier molecular flexibility index (Phi) is 5.15. The van der Waals surface area contributed by atoms with E-state index in [9.17, 15) is 9.59 Å². The van der Waals surface area contributed by atoms with Gasteiger partial charge < -0.3 is 15.4 Å². The summed E-state index contributed by atoms with van der Waals surface area (Å²) in [5.74, 6) is -0.0990. The van der Waals surface area contributed by atoms with Crippen LogP contribution in [-0.4, -0.2) is 67.6 Å². The van der Waals surface area contributed by atoms with Crippen LogP contribution in [0.5, 0.6) is 0 Å². The zero-order chi connectivity index (χ0) is 13.7. The maximum absolute atomic E-state index is 12.1. The van der Waals surface area contributed by atoms with Gasteiger partial charge in [-0.05, 0) is 12.8 Å². The van der Waals surface area contributed by atoms with Crippen LogP contribution in [0.3, 0.4) is 0 Å². The number of nitrogens with zero attached hydrogens (tertiary/aromatic N) is 2. The average Bonchev–Trinajstić information content (AvgIpc) is 2.46. The van der Waals surface area contributed by atoms with E-state index in [1.54, 1.807) is 0 Å². The smallest absolute Gasteiger partial charge is 0.223 e. The van der Waals surface area contributed by atoms with Gasteiger partial charge >= 0.3 is 0 Å². The number of amides is 2. The Morgan fingerprint density at radius 1 is 1.11 bits per heavy atom. The first kappa shape index (κ1) is 14.3. The molecule has 6 heteroatoms. The molecule has 19 heavy (non-hydrogen) atoms. The maximum atomic E-state index is 12.1. The van der Waals surface area contributed by atoms with Crippen LogP contribution in [0, 0.1) is 5.92 Å². The van der Waals surface area contributed by atoms with Crippen LogP contribution in [0.2, 0.25) is 0 Å². The normalized spacial score (nSPS) is 22.4. The Bertz CT molecular complexity index is 321. The molecule has 108 valence electrons. The minimum atomic E-state index is -0.236. The van der Waals surface area contributed by atoms with Gasteiger partial charge in [0.1, 0.15) is 0 Å². The Balaban J connectivity index is 1.67. The molecule has 0 aromatic rings. The fourth-order valence-corrected chi connectivity index (χ4v) is 2.65. The number of carbonyl (C=O) groups is 2. The molecular weight excluding hydrogens is 246 g/mol. The summed E-state index contributed by atoms with van der Waals surface area (Å²) in [4.78, 5) is 27.3.